The lowest BCUT2D eigenvalue weighted by Gasteiger charge is -2.06. The van der Waals surface area contributed by atoms with E-state index < -0.39 is 5.97 Å². The number of carboxylic acids is 1. The Labute approximate surface area is 117 Å². The molecule has 1 aliphatic carbocycles. The van der Waals surface area contributed by atoms with Gasteiger partial charge in [-0.2, -0.15) is 0 Å². The first kappa shape index (κ1) is 12.8. The average Bonchev–Trinajstić information content (AvgIpc) is 3.17. The number of hydrogen-bond donors (Lipinski definition) is 3. The molecule has 2 aromatic rings. The van der Waals surface area contributed by atoms with E-state index in [1.54, 1.807) is 10.6 Å². The van der Waals surface area contributed by atoms with Gasteiger partial charge in [-0.15, -0.1) is 5.10 Å². The lowest BCUT2D eigenvalue weighted by atomic mass is 10.2. The fourth-order valence-electron chi connectivity index (χ4n) is 1.89. The Morgan fingerprint density at radius 1 is 1.50 bits per heavy atom. The molecule has 4 N–H and O–H groups in total. The second-order valence-electron chi connectivity index (χ2n) is 4.57. The van der Waals surface area contributed by atoms with Gasteiger partial charge in [0.15, 0.2) is 5.16 Å². The quantitative estimate of drug-likeness (QED) is 0.733. The van der Waals surface area contributed by atoms with E-state index in [0.29, 0.717) is 15.7 Å². The molecule has 7 nitrogen and oxygen atoms in total. The van der Waals surface area contributed by atoms with Gasteiger partial charge in [-0.3, -0.25) is 4.57 Å². The van der Waals surface area contributed by atoms with Crippen LogP contribution in [0.4, 0.5) is 5.69 Å². The molecule has 8 heteroatoms. The molecule has 1 fully saturated rings. The fourth-order valence-corrected chi connectivity index (χ4v) is 2.82. The van der Waals surface area contributed by atoms with Crippen molar-refractivity contribution in [3.63, 3.8) is 0 Å². The number of nitrogens with two attached hydrogens (primary N) is 1. The largest absolute Gasteiger partial charge is 0.478 e. The maximum Gasteiger partial charge on any atom is 0.344 e. The lowest BCUT2D eigenvalue weighted by Crippen LogP contribution is -2.16. The fraction of sp³-hybridized carbons (Fsp3) is 0.250. The molecule has 0 amide bonds. The zero-order valence-electron chi connectivity index (χ0n) is 10.4. The summed E-state index contributed by atoms with van der Waals surface area (Å²) in [4.78, 5) is 23.2. The third kappa shape index (κ3) is 2.29. The van der Waals surface area contributed by atoms with Gasteiger partial charge in [0.1, 0.15) is 0 Å². The Kier molecular flexibility index (Phi) is 3.01. The van der Waals surface area contributed by atoms with Crippen molar-refractivity contribution >= 4 is 23.4 Å². The van der Waals surface area contributed by atoms with Crippen LogP contribution < -0.4 is 11.4 Å². The second kappa shape index (κ2) is 4.71. The van der Waals surface area contributed by atoms with Crippen molar-refractivity contribution in [3.8, 4) is 0 Å². The summed E-state index contributed by atoms with van der Waals surface area (Å²) >= 11 is 1.25. The molecule has 20 heavy (non-hydrogen) atoms. The van der Waals surface area contributed by atoms with Gasteiger partial charge < -0.3 is 10.8 Å². The van der Waals surface area contributed by atoms with Crippen molar-refractivity contribution in [2.24, 2.45) is 0 Å². The van der Waals surface area contributed by atoms with E-state index in [1.165, 1.54) is 23.9 Å². The molecule has 1 heterocycles. The highest BCUT2D eigenvalue weighted by atomic mass is 32.2. The topological polar surface area (TPSA) is 114 Å². The normalized spacial score (nSPS) is 14.4. The summed E-state index contributed by atoms with van der Waals surface area (Å²) in [5, 5.41) is 15.9. The second-order valence-corrected chi connectivity index (χ2v) is 5.58. The molecule has 0 unspecified atom stereocenters. The average molecular weight is 292 g/mol. The van der Waals surface area contributed by atoms with E-state index >= 15 is 0 Å². The number of H-pyrrole nitrogens is 1. The van der Waals surface area contributed by atoms with Gasteiger partial charge in [-0.25, -0.2) is 14.7 Å². The number of anilines is 1. The molecule has 0 radical (unpaired) electrons. The maximum atomic E-state index is 11.7. The molecular weight excluding hydrogens is 280 g/mol. The minimum atomic E-state index is -1.03. The van der Waals surface area contributed by atoms with Crippen molar-refractivity contribution in [2.45, 2.75) is 28.9 Å². The molecule has 1 aliphatic rings. The summed E-state index contributed by atoms with van der Waals surface area (Å²) in [6, 6.07) is 4.72. The van der Waals surface area contributed by atoms with Gasteiger partial charge in [-0.1, -0.05) is 0 Å². The number of carbonyl (C=O) groups is 1. The number of hydrogen-bond acceptors (Lipinski definition) is 5. The highest BCUT2D eigenvalue weighted by Gasteiger charge is 2.28. The summed E-state index contributed by atoms with van der Waals surface area (Å²) in [6.45, 7) is 0. The van der Waals surface area contributed by atoms with Crippen molar-refractivity contribution in [2.75, 3.05) is 5.73 Å². The van der Waals surface area contributed by atoms with Crippen LogP contribution in [-0.4, -0.2) is 25.8 Å². The van der Waals surface area contributed by atoms with Gasteiger partial charge in [0.25, 0.3) is 0 Å². The summed E-state index contributed by atoms with van der Waals surface area (Å²) in [7, 11) is 0. The van der Waals surface area contributed by atoms with Gasteiger partial charge in [0.05, 0.1) is 5.56 Å². The van der Waals surface area contributed by atoms with E-state index in [1.807, 2.05) is 0 Å². The number of nitrogens with zero attached hydrogens (tertiary/aromatic N) is 2. The van der Waals surface area contributed by atoms with Crippen molar-refractivity contribution in [3.05, 3.63) is 34.2 Å². The van der Waals surface area contributed by atoms with Crippen LogP contribution in [-0.2, 0) is 0 Å². The zero-order chi connectivity index (χ0) is 14.3. The van der Waals surface area contributed by atoms with Gasteiger partial charge in [0, 0.05) is 16.6 Å². The summed E-state index contributed by atoms with van der Waals surface area (Å²) < 4.78 is 1.62. The SMILES string of the molecule is Nc1cc(C(=O)O)ccc1Sc1n[nH]c(=O)n1C1CC1. The van der Waals surface area contributed by atoms with E-state index in [2.05, 4.69) is 10.2 Å². The number of aromatic carboxylic acids is 1. The minimum Gasteiger partial charge on any atom is -0.478 e. The van der Waals surface area contributed by atoms with E-state index in [9.17, 15) is 9.59 Å². The molecule has 1 aromatic carbocycles. The van der Waals surface area contributed by atoms with Crippen molar-refractivity contribution in [1.29, 1.82) is 0 Å². The number of rotatable bonds is 4. The first-order chi connectivity index (χ1) is 9.56. The van der Waals surface area contributed by atoms with Crippen molar-refractivity contribution in [1.82, 2.24) is 14.8 Å². The third-order valence-electron chi connectivity index (χ3n) is 3.04. The van der Waals surface area contributed by atoms with Crippen LogP contribution in [0.2, 0.25) is 0 Å². The standard InChI is InChI=1S/C12H12N4O3S/c13-8-5-6(10(17)18)1-4-9(8)20-12-15-14-11(19)16(12)7-2-3-7/h1,4-5,7H,2-3,13H2,(H,14,19)(H,17,18). The monoisotopic (exact) mass is 292 g/mol. The highest BCUT2D eigenvalue weighted by molar-refractivity contribution is 7.99. The van der Waals surface area contributed by atoms with Crippen LogP contribution in [0.3, 0.4) is 0 Å². The molecule has 3 rings (SSSR count). The minimum absolute atomic E-state index is 0.133. The van der Waals surface area contributed by atoms with Crippen LogP contribution in [0.25, 0.3) is 0 Å². The molecule has 0 spiro atoms. The van der Waals surface area contributed by atoms with Crippen LogP contribution in [0.1, 0.15) is 29.2 Å². The van der Waals surface area contributed by atoms with Crippen LogP contribution >= 0.6 is 11.8 Å². The van der Waals surface area contributed by atoms with Gasteiger partial charge in [0.2, 0.25) is 0 Å². The molecule has 0 bridgehead atoms. The molecular formula is C12H12N4O3S. The first-order valence-electron chi connectivity index (χ1n) is 6.04. The van der Waals surface area contributed by atoms with Crippen LogP contribution in [0.5, 0.6) is 0 Å². The predicted molar refractivity (Wildman–Crippen MR) is 73.1 cm³/mol. The molecule has 0 atom stereocenters. The smallest absolute Gasteiger partial charge is 0.344 e. The summed E-state index contributed by atoms with van der Waals surface area (Å²) in [5.74, 6) is -1.03. The number of aromatic nitrogens is 3. The summed E-state index contributed by atoms with van der Waals surface area (Å²) in [5.41, 5.74) is 6.11. The Morgan fingerprint density at radius 3 is 2.85 bits per heavy atom. The number of nitrogen functional groups attached to an aromatic ring is 1. The molecule has 104 valence electrons. The lowest BCUT2D eigenvalue weighted by molar-refractivity contribution is 0.0697. The number of aromatic amines is 1. The maximum absolute atomic E-state index is 11.7. The predicted octanol–water partition coefficient (Wildman–Crippen LogP) is 1.34. The molecule has 1 aromatic heterocycles. The zero-order valence-corrected chi connectivity index (χ0v) is 11.2. The van der Waals surface area contributed by atoms with Crippen molar-refractivity contribution < 1.29 is 9.90 Å². The van der Waals surface area contributed by atoms with Crippen LogP contribution in [0, 0.1) is 0 Å². The van der Waals surface area contributed by atoms with E-state index in [0.717, 1.165) is 12.8 Å². The third-order valence-corrected chi connectivity index (χ3v) is 4.10. The Morgan fingerprint density at radius 2 is 2.25 bits per heavy atom. The van der Waals surface area contributed by atoms with Crippen LogP contribution in [0.15, 0.2) is 33.0 Å². The molecule has 0 saturated heterocycles. The summed E-state index contributed by atoms with van der Waals surface area (Å²) in [6.07, 6.45) is 1.95. The van der Waals surface area contributed by atoms with E-state index in [-0.39, 0.29) is 17.3 Å². The Balaban J connectivity index is 1.92. The number of carboxylic acid groups (broad SMARTS) is 1. The highest BCUT2D eigenvalue weighted by Crippen LogP contribution is 2.38. The number of nitrogens with one attached hydrogen (secondary N) is 1. The van der Waals surface area contributed by atoms with E-state index in [4.69, 9.17) is 10.8 Å². The Hall–Kier alpha value is -2.22. The number of benzene rings is 1. The molecule has 0 aliphatic heterocycles. The first-order valence-corrected chi connectivity index (χ1v) is 6.85. The Bertz CT molecular complexity index is 733. The van der Waals surface area contributed by atoms with Gasteiger partial charge >= 0.3 is 11.7 Å². The van der Waals surface area contributed by atoms with Gasteiger partial charge in [-0.05, 0) is 42.8 Å². The molecule has 1 saturated carbocycles.